The van der Waals surface area contributed by atoms with E-state index in [1.807, 2.05) is 0 Å². The monoisotopic (exact) mass is 234 g/mol. The minimum atomic E-state index is 0. The molecule has 4 heteroatoms. The van der Waals surface area contributed by atoms with Crippen LogP contribution in [0.25, 0.3) is 0 Å². The Hall–Kier alpha value is 0.170. The number of morpholine rings is 1. The molecule has 0 unspecified atom stereocenters. The van der Waals surface area contributed by atoms with Crippen LogP contribution in [0.4, 0.5) is 0 Å². The fraction of sp³-hybridized carbons (Fsp3) is 1.00. The van der Waals surface area contributed by atoms with Gasteiger partial charge in [-0.1, -0.05) is 0 Å². The van der Waals surface area contributed by atoms with Crippen molar-refractivity contribution < 1.29 is 4.74 Å². The number of hydrogen-bond donors (Lipinski definition) is 1. The molecule has 3 nitrogen and oxygen atoms in total. The Morgan fingerprint density at radius 2 is 1.80 bits per heavy atom. The van der Waals surface area contributed by atoms with Crippen LogP contribution in [0.1, 0.15) is 19.3 Å². The van der Waals surface area contributed by atoms with E-state index >= 15 is 0 Å². The Morgan fingerprint density at radius 3 is 2.47 bits per heavy atom. The molecule has 2 saturated heterocycles. The van der Waals surface area contributed by atoms with Crippen LogP contribution in [-0.4, -0.2) is 50.8 Å². The molecule has 0 atom stereocenters. The van der Waals surface area contributed by atoms with Crippen molar-refractivity contribution in [1.29, 1.82) is 0 Å². The van der Waals surface area contributed by atoms with Crippen LogP contribution in [0, 0.1) is 5.92 Å². The van der Waals surface area contributed by atoms with Crippen molar-refractivity contribution in [1.82, 2.24) is 10.2 Å². The van der Waals surface area contributed by atoms with Gasteiger partial charge < -0.3 is 10.1 Å². The summed E-state index contributed by atoms with van der Waals surface area (Å²) in [5.41, 5.74) is 0. The highest BCUT2D eigenvalue weighted by Gasteiger charge is 2.15. The van der Waals surface area contributed by atoms with Gasteiger partial charge in [0, 0.05) is 13.1 Å². The molecule has 0 aromatic rings. The molecule has 0 radical (unpaired) electrons. The second-order valence-electron chi connectivity index (χ2n) is 4.44. The van der Waals surface area contributed by atoms with E-state index in [2.05, 4.69) is 10.2 Å². The highest BCUT2D eigenvalue weighted by molar-refractivity contribution is 5.85. The molecule has 2 fully saturated rings. The summed E-state index contributed by atoms with van der Waals surface area (Å²) >= 11 is 0. The Kier molecular flexibility index (Phi) is 6.57. The Labute approximate surface area is 99.0 Å². The number of piperidine rings is 1. The van der Waals surface area contributed by atoms with Crippen molar-refractivity contribution in [2.24, 2.45) is 5.92 Å². The van der Waals surface area contributed by atoms with Crippen molar-refractivity contribution in [3.05, 3.63) is 0 Å². The maximum absolute atomic E-state index is 5.34. The lowest BCUT2D eigenvalue weighted by Gasteiger charge is -2.29. The normalized spacial score (nSPS) is 24.8. The van der Waals surface area contributed by atoms with Gasteiger partial charge in [-0.3, -0.25) is 4.90 Å². The summed E-state index contributed by atoms with van der Waals surface area (Å²) in [5.74, 6) is 0.971. The largest absolute Gasteiger partial charge is 0.379 e. The number of nitrogens with zero attached hydrogens (tertiary/aromatic N) is 1. The van der Waals surface area contributed by atoms with E-state index in [0.29, 0.717) is 0 Å². The van der Waals surface area contributed by atoms with Crippen LogP contribution < -0.4 is 5.32 Å². The average molecular weight is 235 g/mol. The van der Waals surface area contributed by atoms with Crippen molar-refractivity contribution >= 4 is 12.4 Å². The molecule has 0 aromatic carbocycles. The van der Waals surface area contributed by atoms with Gasteiger partial charge in [0.1, 0.15) is 0 Å². The van der Waals surface area contributed by atoms with Crippen molar-refractivity contribution in [3.8, 4) is 0 Å². The predicted molar refractivity (Wildman–Crippen MR) is 64.7 cm³/mol. The Morgan fingerprint density at radius 1 is 1.13 bits per heavy atom. The van der Waals surface area contributed by atoms with Crippen molar-refractivity contribution in [2.75, 3.05) is 45.9 Å². The maximum Gasteiger partial charge on any atom is 0.0594 e. The third-order valence-corrected chi connectivity index (χ3v) is 3.42. The zero-order chi connectivity index (χ0) is 9.64. The minimum Gasteiger partial charge on any atom is -0.379 e. The van der Waals surface area contributed by atoms with Gasteiger partial charge >= 0.3 is 0 Å². The molecule has 0 saturated carbocycles. The zero-order valence-electron chi connectivity index (χ0n) is 9.41. The molecule has 0 aliphatic carbocycles. The van der Waals surface area contributed by atoms with Gasteiger partial charge in [0.25, 0.3) is 0 Å². The van der Waals surface area contributed by atoms with E-state index in [-0.39, 0.29) is 12.4 Å². The summed E-state index contributed by atoms with van der Waals surface area (Å²) in [4.78, 5) is 2.55. The fourth-order valence-corrected chi connectivity index (χ4v) is 2.36. The number of rotatable bonds is 3. The number of hydrogen-bond acceptors (Lipinski definition) is 3. The van der Waals surface area contributed by atoms with E-state index in [1.54, 1.807) is 0 Å². The first-order chi connectivity index (χ1) is 6.95. The summed E-state index contributed by atoms with van der Waals surface area (Å²) in [5, 5.41) is 3.42. The first-order valence-electron chi connectivity index (χ1n) is 5.96. The van der Waals surface area contributed by atoms with Crippen LogP contribution in [-0.2, 0) is 4.74 Å². The molecule has 2 aliphatic heterocycles. The van der Waals surface area contributed by atoms with E-state index in [0.717, 1.165) is 32.2 Å². The molecular weight excluding hydrogens is 212 g/mol. The van der Waals surface area contributed by atoms with E-state index < -0.39 is 0 Å². The van der Waals surface area contributed by atoms with Gasteiger partial charge in [-0.25, -0.2) is 0 Å². The summed E-state index contributed by atoms with van der Waals surface area (Å²) in [6, 6.07) is 0. The topological polar surface area (TPSA) is 24.5 Å². The first kappa shape index (κ1) is 13.2. The highest BCUT2D eigenvalue weighted by atomic mass is 35.5. The van der Waals surface area contributed by atoms with Gasteiger partial charge in [-0.05, 0) is 44.8 Å². The van der Waals surface area contributed by atoms with Crippen molar-refractivity contribution in [2.45, 2.75) is 19.3 Å². The van der Waals surface area contributed by atoms with Crippen molar-refractivity contribution in [3.63, 3.8) is 0 Å². The number of halogens is 1. The molecule has 90 valence electrons. The van der Waals surface area contributed by atoms with Crippen LogP contribution in [0.5, 0.6) is 0 Å². The minimum absolute atomic E-state index is 0. The molecule has 1 N–H and O–H groups in total. The third kappa shape index (κ3) is 4.68. The molecule has 2 aliphatic rings. The van der Waals surface area contributed by atoms with Gasteiger partial charge in [0.05, 0.1) is 13.2 Å². The number of nitrogens with one attached hydrogen (secondary N) is 1. The first-order valence-corrected chi connectivity index (χ1v) is 5.96. The van der Waals surface area contributed by atoms with Crippen LogP contribution in [0.3, 0.4) is 0 Å². The summed E-state index contributed by atoms with van der Waals surface area (Å²) in [6.45, 7) is 7.91. The summed E-state index contributed by atoms with van der Waals surface area (Å²) in [6.07, 6.45) is 4.15. The Bertz CT molecular complexity index is 139. The molecular formula is C11H23ClN2O. The molecule has 0 spiro atoms. The SMILES string of the molecule is C1CC(CCN2CCOCC2)CCN1.Cl. The van der Waals surface area contributed by atoms with Gasteiger partial charge in [0.15, 0.2) is 0 Å². The fourth-order valence-electron chi connectivity index (χ4n) is 2.36. The summed E-state index contributed by atoms with van der Waals surface area (Å²) < 4.78 is 5.34. The lowest BCUT2D eigenvalue weighted by molar-refractivity contribution is 0.0347. The number of ether oxygens (including phenoxy) is 1. The van der Waals surface area contributed by atoms with Crippen LogP contribution in [0.15, 0.2) is 0 Å². The molecule has 15 heavy (non-hydrogen) atoms. The van der Waals surface area contributed by atoms with E-state index in [4.69, 9.17) is 4.74 Å². The molecule has 0 amide bonds. The molecule has 0 bridgehead atoms. The highest BCUT2D eigenvalue weighted by Crippen LogP contribution is 2.16. The van der Waals surface area contributed by atoms with E-state index in [9.17, 15) is 0 Å². The zero-order valence-corrected chi connectivity index (χ0v) is 10.2. The Balaban J connectivity index is 0.00000112. The maximum atomic E-state index is 5.34. The molecule has 2 heterocycles. The quantitative estimate of drug-likeness (QED) is 0.793. The molecule has 0 aromatic heterocycles. The van der Waals surface area contributed by atoms with E-state index in [1.165, 1.54) is 38.9 Å². The molecule has 2 rings (SSSR count). The smallest absolute Gasteiger partial charge is 0.0594 e. The standard InChI is InChI=1S/C11H22N2O.ClH/c1-4-12-5-2-11(1)3-6-13-7-9-14-10-8-13;/h11-12H,1-10H2;1H. The lowest BCUT2D eigenvalue weighted by Crippen LogP contribution is -2.38. The third-order valence-electron chi connectivity index (χ3n) is 3.42. The predicted octanol–water partition coefficient (Wildman–Crippen LogP) is 1.13. The summed E-state index contributed by atoms with van der Waals surface area (Å²) in [7, 11) is 0. The average Bonchev–Trinajstić information content (AvgIpc) is 2.29. The van der Waals surface area contributed by atoms with Gasteiger partial charge in [0.2, 0.25) is 0 Å². The second-order valence-corrected chi connectivity index (χ2v) is 4.44. The lowest BCUT2D eigenvalue weighted by atomic mass is 9.94. The van der Waals surface area contributed by atoms with Gasteiger partial charge in [-0.2, -0.15) is 0 Å². The van der Waals surface area contributed by atoms with Gasteiger partial charge in [-0.15, -0.1) is 12.4 Å². The second kappa shape index (κ2) is 7.44. The van der Waals surface area contributed by atoms with Crippen LogP contribution in [0.2, 0.25) is 0 Å². The van der Waals surface area contributed by atoms with Crippen LogP contribution >= 0.6 is 12.4 Å².